The normalized spacial score (nSPS) is 12.1. The second-order valence-electron chi connectivity index (χ2n) is 5.78. The number of hydrogen-bond acceptors (Lipinski definition) is 3. The Balaban J connectivity index is 2.10. The van der Waals surface area contributed by atoms with E-state index in [-0.39, 0.29) is 11.9 Å². The molecule has 24 heavy (non-hydrogen) atoms. The average molecular weight is 391 g/mol. The second-order valence-corrected chi connectivity index (χ2v) is 6.70. The first-order chi connectivity index (χ1) is 11.4. The zero-order valence-corrected chi connectivity index (χ0v) is 16.1. The Morgan fingerprint density at radius 2 is 1.83 bits per heavy atom. The van der Waals surface area contributed by atoms with Crippen LogP contribution < -0.4 is 9.64 Å². The number of ether oxygens (including phenoxy) is 1. The summed E-state index contributed by atoms with van der Waals surface area (Å²) in [5.41, 5.74) is 1.93. The van der Waals surface area contributed by atoms with Crippen LogP contribution in [0.5, 0.6) is 5.75 Å². The molecule has 2 aromatic carbocycles. The number of halogens is 1. The van der Waals surface area contributed by atoms with Crippen LogP contribution in [0.2, 0.25) is 0 Å². The first-order valence-corrected chi connectivity index (χ1v) is 8.58. The molecule has 0 fully saturated rings. The molecule has 0 radical (unpaired) electrons. The molecule has 0 bridgehead atoms. The third-order valence-corrected chi connectivity index (χ3v) is 4.65. The van der Waals surface area contributed by atoms with Crippen molar-refractivity contribution in [2.75, 3.05) is 26.1 Å². The minimum atomic E-state index is -0.251. The minimum Gasteiger partial charge on any atom is -0.496 e. The smallest absolute Gasteiger partial charge is 0.243 e. The summed E-state index contributed by atoms with van der Waals surface area (Å²) in [6.07, 6.45) is 0. The number of likely N-dealkylation sites (N-methyl/N-ethyl adjacent to an activating group) is 2. The van der Waals surface area contributed by atoms with Crippen molar-refractivity contribution in [1.82, 2.24) is 4.90 Å². The van der Waals surface area contributed by atoms with Gasteiger partial charge in [-0.25, -0.2) is 0 Å². The van der Waals surface area contributed by atoms with Crippen LogP contribution in [0.15, 0.2) is 53.0 Å². The predicted molar refractivity (Wildman–Crippen MR) is 101 cm³/mol. The third kappa shape index (κ3) is 4.36. The Morgan fingerprint density at radius 1 is 1.17 bits per heavy atom. The van der Waals surface area contributed by atoms with Gasteiger partial charge in [-0.3, -0.25) is 9.69 Å². The van der Waals surface area contributed by atoms with Gasteiger partial charge in [-0.05, 0) is 44.3 Å². The van der Waals surface area contributed by atoms with Crippen molar-refractivity contribution in [2.24, 2.45) is 0 Å². The molecule has 0 heterocycles. The molecule has 128 valence electrons. The van der Waals surface area contributed by atoms with E-state index in [1.807, 2.05) is 74.4 Å². The van der Waals surface area contributed by atoms with Crippen LogP contribution in [-0.4, -0.2) is 38.1 Å². The van der Waals surface area contributed by atoms with Gasteiger partial charge in [0.2, 0.25) is 5.91 Å². The number of hydrogen-bond donors (Lipinski definition) is 0. The van der Waals surface area contributed by atoms with Gasteiger partial charge < -0.3 is 9.64 Å². The first kappa shape index (κ1) is 18.5. The van der Waals surface area contributed by atoms with Crippen LogP contribution in [0.4, 0.5) is 5.69 Å². The summed E-state index contributed by atoms with van der Waals surface area (Å²) in [7, 11) is 5.41. The highest BCUT2D eigenvalue weighted by atomic mass is 79.9. The van der Waals surface area contributed by atoms with Crippen LogP contribution >= 0.6 is 15.9 Å². The summed E-state index contributed by atoms with van der Waals surface area (Å²) in [4.78, 5) is 16.5. The SMILES string of the molecule is COc1ccc(Br)cc1CN(C)[C@H](C)C(=O)N(C)c1ccccc1. The van der Waals surface area contributed by atoms with Gasteiger partial charge in [0.05, 0.1) is 13.2 Å². The molecule has 2 aromatic rings. The standard InChI is InChI=1S/C19H23BrN2O2/c1-14(19(23)22(3)17-8-6-5-7-9-17)21(2)13-15-12-16(20)10-11-18(15)24-4/h5-12,14H,13H2,1-4H3/t14-/m1/s1. The Morgan fingerprint density at radius 3 is 2.46 bits per heavy atom. The van der Waals surface area contributed by atoms with Crippen molar-refractivity contribution in [2.45, 2.75) is 19.5 Å². The number of benzene rings is 2. The van der Waals surface area contributed by atoms with E-state index in [1.54, 1.807) is 12.0 Å². The molecule has 0 aliphatic rings. The van der Waals surface area contributed by atoms with Crippen LogP contribution in [0.1, 0.15) is 12.5 Å². The number of anilines is 1. The average Bonchev–Trinajstić information content (AvgIpc) is 2.60. The monoisotopic (exact) mass is 390 g/mol. The molecule has 0 aliphatic heterocycles. The van der Waals surface area contributed by atoms with E-state index in [1.165, 1.54) is 0 Å². The van der Waals surface area contributed by atoms with Gasteiger partial charge in [0.15, 0.2) is 0 Å². The number of methoxy groups -OCH3 is 1. The minimum absolute atomic E-state index is 0.0534. The number of para-hydroxylation sites is 1. The maximum atomic E-state index is 12.7. The lowest BCUT2D eigenvalue weighted by Crippen LogP contribution is -2.44. The molecule has 4 nitrogen and oxygen atoms in total. The lowest BCUT2D eigenvalue weighted by Gasteiger charge is -2.28. The number of carbonyl (C=O) groups excluding carboxylic acids is 1. The van der Waals surface area contributed by atoms with Crippen molar-refractivity contribution >= 4 is 27.5 Å². The van der Waals surface area contributed by atoms with E-state index in [0.717, 1.165) is 21.5 Å². The summed E-state index contributed by atoms with van der Waals surface area (Å²) in [6, 6.07) is 15.3. The van der Waals surface area contributed by atoms with Crippen LogP contribution in [0.3, 0.4) is 0 Å². The molecule has 0 aliphatic carbocycles. The highest BCUT2D eigenvalue weighted by Gasteiger charge is 2.23. The van der Waals surface area contributed by atoms with Gasteiger partial charge in [-0.1, -0.05) is 34.1 Å². The van der Waals surface area contributed by atoms with Crippen molar-refractivity contribution in [3.8, 4) is 5.75 Å². The summed E-state index contributed by atoms with van der Waals surface area (Å²) < 4.78 is 6.41. The third-order valence-electron chi connectivity index (χ3n) is 4.15. The van der Waals surface area contributed by atoms with Gasteiger partial charge in [-0.2, -0.15) is 0 Å². The Kier molecular flexibility index (Phi) is 6.40. The van der Waals surface area contributed by atoms with Gasteiger partial charge >= 0.3 is 0 Å². The second kappa shape index (κ2) is 8.31. The lowest BCUT2D eigenvalue weighted by molar-refractivity contribution is -0.122. The highest BCUT2D eigenvalue weighted by molar-refractivity contribution is 9.10. The number of rotatable bonds is 6. The zero-order valence-electron chi connectivity index (χ0n) is 14.5. The fourth-order valence-corrected chi connectivity index (χ4v) is 2.93. The molecule has 5 heteroatoms. The van der Waals surface area contributed by atoms with Crippen molar-refractivity contribution < 1.29 is 9.53 Å². The molecule has 0 aromatic heterocycles. The summed E-state index contributed by atoms with van der Waals surface area (Å²) in [5, 5.41) is 0. The summed E-state index contributed by atoms with van der Waals surface area (Å²) >= 11 is 3.49. The molecule has 0 N–H and O–H groups in total. The molecular weight excluding hydrogens is 368 g/mol. The van der Waals surface area contributed by atoms with Crippen molar-refractivity contribution in [3.63, 3.8) is 0 Å². The highest BCUT2D eigenvalue weighted by Crippen LogP contribution is 2.25. The van der Waals surface area contributed by atoms with Gasteiger partial charge in [-0.15, -0.1) is 0 Å². The first-order valence-electron chi connectivity index (χ1n) is 7.79. The fourth-order valence-electron chi connectivity index (χ4n) is 2.52. The lowest BCUT2D eigenvalue weighted by atomic mass is 10.1. The molecule has 0 saturated heterocycles. The van der Waals surface area contributed by atoms with E-state index < -0.39 is 0 Å². The molecule has 0 saturated carbocycles. The number of carbonyl (C=O) groups is 1. The molecule has 1 atom stereocenters. The van der Waals surface area contributed by atoms with E-state index in [4.69, 9.17) is 4.74 Å². The summed E-state index contributed by atoms with van der Waals surface area (Å²) in [6.45, 7) is 2.55. The quantitative estimate of drug-likeness (QED) is 0.748. The van der Waals surface area contributed by atoms with Crippen LogP contribution in [0, 0.1) is 0 Å². The van der Waals surface area contributed by atoms with Crippen molar-refractivity contribution in [3.05, 3.63) is 58.6 Å². The van der Waals surface area contributed by atoms with Crippen LogP contribution in [0.25, 0.3) is 0 Å². The molecule has 1 amide bonds. The number of nitrogens with zero attached hydrogens (tertiary/aromatic N) is 2. The van der Waals surface area contributed by atoms with Crippen molar-refractivity contribution in [1.29, 1.82) is 0 Å². The predicted octanol–water partition coefficient (Wildman–Crippen LogP) is 3.94. The molecule has 0 spiro atoms. The van der Waals surface area contributed by atoms with Gasteiger partial charge in [0, 0.05) is 29.3 Å². The van der Waals surface area contributed by atoms with E-state index in [9.17, 15) is 4.79 Å². The zero-order chi connectivity index (χ0) is 17.7. The molecule has 2 rings (SSSR count). The maximum Gasteiger partial charge on any atom is 0.243 e. The van der Waals surface area contributed by atoms with E-state index in [0.29, 0.717) is 6.54 Å². The van der Waals surface area contributed by atoms with E-state index >= 15 is 0 Å². The van der Waals surface area contributed by atoms with Gasteiger partial charge in [0.25, 0.3) is 0 Å². The Hall–Kier alpha value is -1.85. The Labute approximate surface area is 152 Å². The topological polar surface area (TPSA) is 32.8 Å². The largest absolute Gasteiger partial charge is 0.496 e. The summed E-state index contributed by atoms with van der Waals surface area (Å²) in [5.74, 6) is 0.874. The van der Waals surface area contributed by atoms with Crippen LogP contribution in [-0.2, 0) is 11.3 Å². The van der Waals surface area contributed by atoms with Gasteiger partial charge in [0.1, 0.15) is 5.75 Å². The molecular formula is C19H23BrN2O2. The number of amides is 1. The Bertz CT molecular complexity index is 691. The fraction of sp³-hybridized carbons (Fsp3) is 0.316. The van der Waals surface area contributed by atoms with E-state index in [2.05, 4.69) is 15.9 Å². The maximum absolute atomic E-state index is 12.7. The molecule has 0 unspecified atom stereocenters.